The van der Waals surface area contributed by atoms with Crippen LogP contribution in [0.2, 0.25) is 0 Å². The first-order valence-corrected chi connectivity index (χ1v) is 15.2. The van der Waals surface area contributed by atoms with E-state index in [0.717, 1.165) is 12.8 Å². The molecule has 2 aliphatic carbocycles. The lowest BCUT2D eigenvalue weighted by atomic mass is 9.83. The van der Waals surface area contributed by atoms with Crippen molar-refractivity contribution in [3.8, 4) is 22.3 Å². The molecular formula is C42H34. The first-order chi connectivity index (χ1) is 20.6. The van der Waals surface area contributed by atoms with E-state index >= 15 is 0 Å². The van der Waals surface area contributed by atoms with Gasteiger partial charge in [-0.05, 0) is 105 Å². The lowest BCUT2D eigenvalue weighted by Crippen LogP contribution is -2.04. The summed E-state index contributed by atoms with van der Waals surface area (Å²) >= 11 is 0. The zero-order chi connectivity index (χ0) is 28.2. The molecular weight excluding hydrogens is 504 g/mol. The van der Waals surface area contributed by atoms with Gasteiger partial charge in [-0.15, -0.1) is 0 Å². The molecule has 0 N–H and O–H groups in total. The van der Waals surface area contributed by atoms with Gasteiger partial charge in [0.1, 0.15) is 0 Å². The number of rotatable bonds is 5. The Kier molecular flexibility index (Phi) is 5.97. The minimum atomic E-state index is 0.466. The lowest BCUT2D eigenvalue weighted by molar-refractivity contribution is 0.611. The Balaban J connectivity index is 1.10. The van der Waals surface area contributed by atoms with Gasteiger partial charge >= 0.3 is 0 Å². The third-order valence-electron chi connectivity index (χ3n) is 9.74. The van der Waals surface area contributed by atoms with E-state index in [2.05, 4.69) is 147 Å². The number of benzene rings is 6. The Morgan fingerprint density at radius 1 is 0.452 bits per heavy atom. The Hall–Kier alpha value is -4.68. The predicted molar refractivity (Wildman–Crippen MR) is 181 cm³/mol. The van der Waals surface area contributed by atoms with Gasteiger partial charge in [0.25, 0.3) is 0 Å². The Labute approximate surface area is 248 Å². The van der Waals surface area contributed by atoms with Gasteiger partial charge < -0.3 is 0 Å². The fourth-order valence-electron chi connectivity index (χ4n) is 7.59. The van der Waals surface area contributed by atoms with Crippen molar-refractivity contribution in [2.24, 2.45) is 0 Å². The van der Waals surface area contributed by atoms with Crippen molar-refractivity contribution >= 4 is 33.7 Å². The lowest BCUT2D eigenvalue weighted by Gasteiger charge is -2.21. The van der Waals surface area contributed by atoms with E-state index in [1.54, 1.807) is 0 Å². The third-order valence-corrected chi connectivity index (χ3v) is 9.74. The molecule has 0 fully saturated rings. The van der Waals surface area contributed by atoms with Gasteiger partial charge in [-0.1, -0.05) is 132 Å². The summed E-state index contributed by atoms with van der Waals surface area (Å²) in [4.78, 5) is 0. The average Bonchev–Trinajstić information content (AvgIpc) is 3.52. The maximum Gasteiger partial charge on any atom is 0.00552 e. The molecule has 2 unspecified atom stereocenters. The number of hydrogen-bond donors (Lipinski definition) is 0. The first-order valence-electron chi connectivity index (χ1n) is 15.2. The molecule has 0 spiro atoms. The summed E-state index contributed by atoms with van der Waals surface area (Å²) in [6, 6.07) is 45.0. The molecule has 0 heterocycles. The Morgan fingerprint density at radius 3 is 1.36 bits per heavy atom. The quantitative estimate of drug-likeness (QED) is 0.205. The summed E-state index contributed by atoms with van der Waals surface area (Å²) in [7, 11) is 0. The fraction of sp³-hybridized carbons (Fsp3) is 0.143. The largest absolute Gasteiger partial charge is 0.0652 e. The minimum Gasteiger partial charge on any atom is -0.0652 e. The highest BCUT2D eigenvalue weighted by Gasteiger charge is 2.28. The van der Waals surface area contributed by atoms with E-state index in [1.165, 1.54) is 77.2 Å². The molecule has 8 rings (SSSR count). The minimum absolute atomic E-state index is 0.466. The molecule has 0 aliphatic heterocycles. The molecule has 42 heavy (non-hydrogen) atoms. The molecule has 0 aromatic heterocycles. The molecule has 0 amide bonds. The molecule has 0 heteroatoms. The average molecular weight is 539 g/mol. The SMILES string of the molecule is CC1=Cc2ccc(-c3cccc4ccccc34)cc2C1CCC1C(C)=Cc2ccc(-c3cccc4ccccc34)cc21. The highest BCUT2D eigenvalue weighted by Crippen LogP contribution is 2.47. The molecule has 0 saturated carbocycles. The zero-order valence-corrected chi connectivity index (χ0v) is 24.3. The van der Waals surface area contributed by atoms with Crippen molar-refractivity contribution in [2.45, 2.75) is 38.5 Å². The van der Waals surface area contributed by atoms with Gasteiger partial charge in [0.2, 0.25) is 0 Å². The van der Waals surface area contributed by atoms with Crippen molar-refractivity contribution in [1.82, 2.24) is 0 Å². The number of fused-ring (bicyclic) bond motifs is 4. The topological polar surface area (TPSA) is 0 Å². The summed E-state index contributed by atoms with van der Waals surface area (Å²) in [5, 5.41) is 5.24. The van der Waals surface area contributed by atoms with E-state index in [0.29, 0.717) is 11.8 Å². The molecule has 6 aromatic carbocycles. The maximum absolute atomic E-state index is 2.47. The smallest absolute Gasteiger partial charge is 0.00552 e. The van der Waals surface area contributed by atoms with Crippen LogP contribution in [0.1, 0.15) is 60.8 Å². The van der Waals surface area contributed by atoms with Gasteiger partial charge in [0.05, 0.1) is 0 Å². The molecule has 0 radical (unpaired) electrons. The van der Waals surface area contributed by atoms with Gasteiger partial charge in [-0.25, -0.2) is 0 Å². The highest BCUT2D eigenvalue weighted by atomic mass is 14.3. The van der Waals surface area contributed by atoms with E-state index < -0.39 is 0 Å². The van der Waals surface area contributed by atoms with E-state index in [9.17, 15) is 0 Å². The maximum atomic E-state index is 2.47. The van der Waals surface area contributed by atoms with Crippen LogP contribution in [-0.4, -0.2) is 0 Å². The van der Waals surface area contributed by atoms with Crippen LogP contribution in [0.3, 0.4) is 0 Å². The summed E-state index contributed by atoms with van der Waals surface area (Å²) < 4.78 is 0. The summed E-state index contributed by atoms with van der Waals surface area (Å²) in [5.41, 5.74) is 14.0. The molecule has 0 bridgehead atoms. The van der Waals surface area contributed by atoms with E-state index in [4.69, 9.17) is 0 Å². The van der Waals surface area contributed by atoms with Crippen molar-refractivity contribution in [2.75, 3.05) is 0 Å². The van der Waals surface area contributed by atoms with Crippen LogP contribution in [0.4, 0.5) is 0 Å². The summed E-state index contributed by atoms with van der Waals surface area (Å²) in [6.45, 7) is 4.65. The number of allylic oxidation sites excluding steroid dienone is 2. The second-order valence-corrected chi connectivity index (χ2v) is 12.2. The molecule has 0 saturated heterocycles. The van der Waals surface area contributed by atoms with Gasteiger partial charge in [-0.2, -0.15) is 0 Å². The van der Waals surface area contributed by atoms with Gasteiger partial charge in [-0.3, -0.25) is 0 Å². The van der Waals surface area contributed by atoms with Crippen LogP contribution >= 0.6 is 0 Å². The molecule has 202 valence electrons. The third kappa shape index (κ3) is 4.13. The number of hydrogen-bond acceptors (Lipinski definition) is 0. The first kappa shape index (κ1) is 25.1. The van der Waals surface area contributed by atoms with E-state index in [-0.39, 0.29) is 0 Å². The van der Waals surface area contributed by atoms with Crippen molar-refractivity contribution in [3.05, 3.63) is 155 Å². The summed E-state index contributed by atoms with van der Waals surface area (Å²) in [6.07, 6.45) is 7.14. The van der Waals surface area contributed by atoms with Crippen molar-refractivity contribution in [3.63, 3.8) is 0 Å². The van der Waals surface area contributed by atoms with Gasteiger partial charge in [0, 0.05) is 11.8 Å². The standard InChI is InChI=1S/C42H34/c1-27-23-31-17-19-33(39-15-7-11-29-9-3-5-13-37(29)39)25-41(31)35(27)21-22-36-28(2)24-32-18-20-34(26-42(32)36)40-16-8-12-30-10-4-6-14-38(30)40/h3-20,23-26,35-36H,21-22H2,1-2H3. The van der Waals surface area contributed by atoms with Crippen LogP contribution in [-0.2, 0) is 0 Å². The van der Waals surface area contributed by atoms with Crippen LogP contribution in [0.25, 0.3) is 56.0 Å². The Bertz CT molecular complexity index is 1910. The van der Waals surface area contributed by atoms with Crippen LogP contribution in [0, 0.1) is 0 Å². The predicted octanol–water partition coefficient (Wildman–Crippen LogP) is 11.8. The van der Waals surface area contributed by atoms with Crippen LogP contribution in [0.5, 0.6) is 0 Å². The van der Waals surface area contributed by atoms with E-state index in [1.807, 2.05) is 0 Å². The molecule has 2 aliphatic rings. The Morgan fingerprint density at radius 2 is 0.881 bits per heavy atom. The molecule has 0 nitrogen and oxygen atoms in total. The molecule has 6 aromatic rings. The second kappa shape index (κ2) is 10.00. The molecule has 2 atom stereocenters. The van der Waals surface area contributed by atoms with Crippen LogP contribution in [0.15, 0.2) is 132 Å². The zero-order valence-electron chi connectivity index (χ0n) is 24.3. The fourth-order valence-corrected chi connectivity index (χ4v) is 7.59. The van der Waals surface area contributed by atoms with Crippen LogP contribution < -0.4 is 0 Å². The second-order valence-electron chi connectivity index (χ2n) is 12.2. The van der Waals surface area contributed by atoms with Crippen molar-refractivity contribution < 1.29 is 0 Å². The highest BCUT2D eigenvalue weighted by molar-refractivity contribution is 5.98. The monoisotopic (exact) mass is 538 g/mol. The normalized spacial score (nSPS) is 17.3. The summed E-state index contributed by atoms with van der Waals surface area (Å²) in [5.74, 6) is 0.932. The van der Waals surface area contributed by atoms with Crippen molar-refractivity contribution in [1.29, 1.82) is 0 Å². The van der Waals surface area contributed by atoms with Gasteiger partial charge in [0.15, 0.2) is 0 Å².